The van der Waals surface area contributed by atoms with Crippen molar-refractivity contribution in [2.24, 2.45) is 0 Å². The molecule has 0 amide bonds. The van der Waals surface area contributed by atoms with Crippen LogP contribution in [-0.4, -0.2) is 9.36 Å². The first-order chi connectivity index (χ1) is 7.25. The zero-order valence-electron chi connectivity index (χ0n) is 8.82. The Labute approximate surface area is 93.4 Å². The molecule has 1 aromatic heterocycles. The van der Waals surface area contributed by atoms with Crippen molar-refractivity contribution in [1.82, 2.24) is 9.36 Å². The summed E-state index contributed by atoms with van der Waals surface area (Å²) in [5, 5.41) is 4.15. The van der Waals surface area contributed by atoms with Crippen LogP contribution in [0.2, 0.25) is 0 Å². The van der Waals surface area contributed by atoms with E-state index in [1.807, 2.05) is 13.0 Å². The Kier molecular flexibility index (Phi) is 2.97. The van der Waals surface area contributed by atoms with Crippen molar-refractivity contribution in [3.63, 3.8) is 0 Å². The summed E-state index contributed by atoms with van der Waals surface area (Å²) in [7, 11) is 0. The number of hydrogen-bond donors (Lipinski definition) is 1. The monoisotopic (exact) mass is 219 g/mol. The van der Waals surface area contributed by atoms with Crippen LogP contribution in [-0.2, 0) is 6.54 Å². The molecular formula is C11H13N3S. The number of benzene rings is 1. The summed E-state index contributed by atoms with van der Waals surface area (Å²) in [6.45, 7) is 4.82. The molecule has 1 heterocycles. The highest BCUT2D eigenvalue weighted by Gasteiger charge is 2.00. The maximum absolute atomic E-state index is 4.25. The molecule has 0 bridgehead atoms. The van der Waals surface area contributed by atoms with Crippen LogP contribution in [0.3, 0.4) is 0 Å². The van der Waals surface area contributed by atoms with E-state index in [-0.39, 0.29) is 0 Å². The maximum Gasteiger partial charge on any atom is 0.202 e. The maximum atomic E-state index is 4.25. The first-order valence-electron chi connectivity index (χ1n) is 4.84. The molecule has 0 atom stereocenters. The lowest BCUT2D eigenvalue weighted by Crippen LogP contribution is -2.00. The summed E-state index contributed by atoms with van der Waals surface area (Å²) < 4.78 is 4.12. The fourth-order valence-electron chi connectivity index (χ4n) is 1.35. The lowest BCUT2D eigenvalue weighted by atomic mass is 10.1. The standard InChI is InChI=1S/C11H13N3S/c1-8-5-3-4-6-10(8)7-12-11-13-9(2)14-15-11/h3-6H,7H2,1-2H3,(H,12,13,14). The van der Waals surface area contributed by atoms with Crippen molar-refractivity contribution in [2.75, 3.05) is 5.32 Å². The van der Waals surface area contributed by atoms with Gasteiger partial charge in [0.15, 0.2) is 0 Å². The van der Waals surface area contributed by atoms with Crippen LogP contribution in [0.1, 0.15) is 17.0 Å². The highest BCUT2D eigenvalue weighted by Crippen LogP contribution is 2.13. The summed E-state index contributed by atoms with van der Waals surface area (Å²) >= 11 is 1.40. The highest BCUT2D eigenvalue weighted by molar-refractivity contribution is 7.09. The summed E-state index contributed by atoms with van der Waals surface area (Å²) in [5.41, 5.74) is 2.59. The number of hydrogen-bond acceptors (Lipinski definition) is 4. The van der Waals surface area contributed by atoms with Crippen molar-refractivity contribution >= 4 is 16.7 Å². The second-order valence-corrected chi connectivity index (χ2v) is 4.18. The Balaban J connectivity index is 2.02. The van der Waals surface area contributed by atoms with Crippen molar-refractivity contribution in [3.05, 3.63) is 41.2 Å². The van der Waals surface area contributed by atoms with Gasteiger partial charge in [0.05, 0.1) is 0 Å². The predicted molar refractivity (Wildman–Crippen MR) is 63.2 cm³/mol. The predicted octanol–water partition coefficient (Wildman–Crippen LogP) is 2.77. The summed E-state index contributed by atoms with van der Waals surface area (Å²) in [6, 6.07) is 8.34. The fourth-order valence-corrected chi connectivity index (χ4v) is 1.92. The molecule has 3 nitrogen and oxygen atoms in total. The molecule has 0 aliphatic rings. The molecule has 15 heavy (non-hydrogen) atoms. The lowest BCUT2D eigenvalue weighted by molar-refractivity contribution is 1.09. The quantitative estimate of drug-likeness (QED) is 0.862. The van der Waals surface area contributed by atoms with E-state index >= 15 is 0 Å². The minimum atomic E-state index is 0.807. The van der Waals surface area contributed by atoms with Gasteiger partial charge in [0.2, 0.25) is 5.13 Å². The van der Waals surface area contributed by atoms with E-state index in [1.54, 1.807) is 0 Å². The molecule has 0 aliphatic heterocycles. The first kappa shape index (κ1) is 10.1. The van der Waals surface area contributed by atoms with Crippen LogP contribution in [0.25, 0.3) is 0 Å². The van der Waals surface area contributed by atoms with Crippen molar-refractivity contribution in [3.8, 4) is 0 Å². The molecule has 0 saturated heterocycles. The van der Waals surface area contributed by atoms with Crippen molar-refractivity contribution in [2.45, 2.75) is 20.4 Å². The van der Waals surface area contributed by atoms with Gasteiger partial charge < -0.3 is 5.32 Å². The van der Waals surface area contributed by atoms with Gasteiger partial charge in [-0.2, -0.15) is 4.37 Å². The second kappa shape index (κ2) is 4.40. The molecule has 4 heteroatoms. The molecule has 1 N–H and O–H groups in total. The van der Waals surface area contributed by atoms with Crippen LogP contribution in [0.4, 0.5) is 5.13 Å². The Hall–Kier alpha value is -1.42. The third-order valence-corrected chi connectivity index (χ3v) is 2.98. The zero-order valence-corrected chi connectivity index (χ0v) is 9.64. The van der Waals surface area contributed by atoms with E-state index in [0.29, 0.717) is 0 Å². The largest absolute Gasteiger partial charge is 0.356 e. The number of anilines is 1. The van der Waals surface area contributed by atoms with Crippen LogP contribution < -0.4 is 5.32 Å². The van der Waals surface area contributed by atoms with E-state index in [1.165, 1.54) is 22.7 Å². The van der Waals surface area contributed by atoms with E-state index in [0.717, 1.165) is 17.5 Å². The normalized spacial score (nSPS) is 10.3. The highest BCUT2D eigenvalue weighted by atomic mass is 32.1. The van der Waals surface area contributed by atoms with Crippen molar-refractivity contribution < 1.29 is 0 Å². The molecule has 0 aliphatic carbocycles. The first-order valence-corrected chi connectivity index (χ1v) is 5.62. The third kappa shape index (κ3) is 2.53. The van der Waals surface area contributed by atoms with Gasteiger partial charge in [0.1, 0.15) is 5.82 Å². The van der Waals surface area contributed by atoms with E-state index in [4.69, 9.17) is 0 Å². The van der Waals surface area contributed by atoms with Gasteiger partial charge in [-0.05, 0) is 25.0 Å². The van der Waals surface area contributed by atoms with Crippen LogP contribution in [0, 0.1) is 13.8 Å². The van der Waals surface area contributed by atoms with Crippen LogP contribution >= 0.6 is 11.5 Å². The van der Waals surface area contributed by atoms with Gasteiger partial charge in [-0.25, -0.2) is 4.98 Å². The summed E-state index contributed by atoms with van der Waals surface area (Å²) in [5.74, 6) is 0.826. The SMILES string of the molecule is Cc1nsc(NCc2ccccc2C)n1. The van der Waals surface area contributed by atoms with Gasteiger partial charge in [0.25, 0.3) is 0 Å². The number of nitrogens with zero attached hydrogens (tertiary/aromatic N) is 2. The van der Waals surface area contributed by atoms with Gasteiger partial charge in [-0.1, -0.05) is 24.3 Å². The smallest absolute Gasteiger partial charge is 0.202 e. The van der Waals surface area contributed by atoms with Gasteiger partial charge in [-0.15, -0.1) is 0 Å². The molecule has 0 fully saturated rings. The molecular weight excluding hydrogens is 206 g/mol. The molecule has 2 rings (SSSR count). The molecule has 2 aromatic rings. The minimum absolute atomic E-state index is 0.807. The Morgan fingerprint density at radius 1 is 1.27 bits per heavy atom. The zero-order chi connectivity index (χ0) is 10.7. The Morgan fingerprint density at radius 3 is 2.73 bits per heavy atom. The topological polar surface area (TPSA) is 37.8 Å². The van der Waals surface area contributed by atoms with Crippen LogP contribution in [0.5, 0.6) is 0 Å². The van der Waals surface area contributed by atoms with Crippen molar-refractivity contribution in [1.29, 1.82) is 0 Å². The molecule has 0 unspecified atom stereocenters. The Morgan fingerprint density at radius 2 is 2.07 bits per heavy atom. The average molecular weight is 219 g/mol. The number of nitrogens with one attached hydrogen (secondary N) is 1. The third-order valence-electron chi connectivity index (χ3n) is 2.22. The molecule has 0 saturated carbocycles. The molecule has 0 spiro atoms. The number of aryl methyl sites for hydroxylation is 2. The second-order valence-electron chi connectivity index (χ2n) is 3.43. The lowest BCUT2D eigenvalue weighted by Gasteiger charge is -2.05. The van der Waals surface area contributed by atoms with E-state index < -0.39 is 0 Å². The number of rotatable bonds is 3. The molecule has 78 valence electrons. The van der Waals surface area contributed by atoms with Gasteiger partial charge >= 0.3 is 0 Å². The fraction of sp³-hybridized carbons (Fsp3) is 0.273. The van der Waals surface area contributed by atoms with Gasteiger partial charge in [-0.3, -0.25) is 0 Å². The van der Waals surface area contributed by atoms with Crippen LogP contribution in [0.15, 0.2) is 24.3 Å². The van der Waals surface area contributed by atoms with E-state index in [2.05, 4.69) is 39.8 Å². The van der Waals surface area contributed by atoms with E-state index in [9.17, 15) is 0 Å². The number of aromatic nitrogens is 2. The summed E-state index contributed by atoms with van der Waals surface area (Å²) in [6.07, 6.45) is 0. The molecule has 0 radical (unpaired) electrons. The Bertz CT molecular complexity index is 451. The molecule has 1 aromatic carbocycles. The summed E-state index contributed by atoms with van der Waals surface area (Å²) in [4.78, 5) is 4.25. The average Bonchev–Trinajstić information content (AvgIpc) is 2.63. The van der Waals surface area contributed by atoms with Gasteiger partial charge in [0, 0.05) is 18.1 Å². The minimum Gasteiger partial charge on any atom is -0.356 e.